The van der Waals surface area contributed by atoms with E-state index in [1.807, 2.05) is 0 Å². The number of rotatable bonds is 5. The summed E-state index contributed by atoms with van der Waals surface area (Å²) in [6.45, 7) is 0.377. The zero-order chi connectivity index (χ0) is 11.3. The van der Waals surface area contributed by atoms with Crippen molar-refractivity contribution < 1.29 is 19.0 Å². The summed E-state index contributed by atoms with van der Waals surface area (Å²) in [5.74, 6) is -1.44. The third-order valence-corrected chi connectivity index (χ3v) is 1.95. The van der Waals surface area contributed by atoms with Gasteiger partial charge in [-0.15, -0.1) is 0 Å². The smallest absolute Gasteiger partial charge is 0.131 e. The first-order chi connectivity index (χ1) is 7.15. The summed E-state index contributed by atoms with van der Waals surface area (Å²) in [5.41, 5.74) is 0.0434. The summed E-state index contributed by atoms with van der Waals surface area (Å²) in [5, 5.41) is 20.7. The number of hydrogen-bond donors (Lipinski definition) is 3. The fourth-order valence-electron chi connectivity index (χ4n) is 1.20. The second-order valence-electron chi connectivity index (χ2n) is 3.11. The molecule has 0 amide bonds. The van der Waals surface area contributed by atoms with Gasteiger partial charge in [0.05, 0.1) is 12.7 Å². The van der Waals surface area contributed by atoms with Gasteiger partial charge < -0.3 is 15.5 Å². The molecular formula is C10H13F2NO2. The van der Waals surface area contributed by atoms with Crippen molar-refractivity contribution in [3.05, 3.63) is 35.4 Å². The Kier molecular flexibility index (Phi) is 4.61. The van der Waals surface area contributed by atoms with Crippen LogP contribution >= 0.6 is 0 Å². The summed E-state index contributed by atoms with van der Waals surface area (Å²) in [4.78, 5) is 0. The average Bonchev–Trinajstić information content (AvgIpc) is 2.17. The lowest BCUT2D eigenvalue weighted by atomic mass is 10.1. The van der Waals surface area contributed by atoms with Crippen molar-refractivity contribution in [3.63, 3.8) is 0 Å². The highest BCUT2D eigenvalue weighted by molar-refractivity contribution is 5.21. The van der Waals surface area contributed by atoms with Crippen molar-refractivity contribution in [2.24, 2.45) is 0 Å². The largest absolute Gasteiger partial charge is 0.395 e. The maximum atomic E-state index is 13.1. The highest BCUT2D eigenvalue weighted by atomic mass is 19.1. The van der Waals surface area contributed by atoms with Crippen LogP contribution in [0.25, 0.3) is 0 Å². The van der Waals surface area contributed by atoms with Crippen molar-refractivity contribution in [1.82, 2.24) is 5.32 Å². The fraction of sp³-hybridized carbons (Fsp3) is 0.400. The van der Waals surface area contributed by atoms with Gasteiger partial charge >= 0.3 is 0 Å². The van der Waals surface area contributed by atoms with E-state index in [9.17, 15) is 13.9 Å². The van der Waals surface area contributed by atoms with E-state index in [1.54, 1.807) is 0 Å². The van der Waals surface area contributed by atoms with Crippen LogP contribution in [0, 0.1) is 11.6 Å². The molecule has 0 aliphatic carbocycles. The SMILES string of the molecule is OCCNCC(O)c1ccc(F)cc1F. The Morgan fingerprint density at radius 1 is 1.33 bits per heavy atom. The lowest BCUT2D eigenvalue weighted by Crippen LogP contribution is -2.24. The molecule has 0 fully saturated rings. The molecule has 1 aromatic rings. The Labute approximate surface area is 86.4 Å². The van der Waals surface area contributed by atoms with Gasteiger partial charge in [-0.2, -0.15) is 0 Å². The van der Waals surface area contributed by atoms with Gasteiger partial charge in [0.25, 0.3) is 0 Å². The first kappa shape index (κ1) is 12.0. The number of aliphatic hydroxyl groups is 2. The molecule has 0 aliphatic rings. The number of benzene rings is 1. The standard InChI is InChI=1S/C10H13F2NO2/c11-7-1-2-8(9(12)5-7)10(15)6-13-3-4-14/h1-2,5,10,13-15H,3-4,6H2. The van der Waals surface area contributed by atoms with E-state index in [2.05, 4.69) is 5.32 Å². The first-order valence-electron chi connectivity index (χ1n) is 4.59. The predicted molar refractivity (Wildman–Crippen MR) is 51.3 cm³/mol. The third-order valence-electron chi connectivity index (χ3n) is 1.95. The summed E-state index contributed by atoms with van der Waals surface area (Å²) in [7, 11) is 0. The fourth-order valence-corrected chi connectivity index (χ4v) is 1.20. The Morgan fingerprint density at radius 3 is 2.67 bits per heavy atom. The van der Waals surface area contributed by atoms with E-state index in [1.165, 1.54) is 6.07 Å². The highest BCUT2D eigenvalue weighted by Gasteiger charge is 2.12. The molecule has 0 radical (unpaired) electrons. The molecule has 3 N–H and O–H groups in total. The zero-order valence-electron chi connectivity index (χ0n) is 8.08. The molecule has 0 saturated heterocycles. The van der Waals surface area contributed by atoms with Crippen LogP contribution in [0.15, 0.2) is 18.2 Å². The van der Waals surface area contributed by atoms with Crippen molar-refractivity contribution in [1.29, 1.82) is 0 Å². The van der Waals surface area contributed by atoms with Crippen LogP contribution in [0.4, 0.5) is 8.78 Å². The van der Waals surface area contributed by atoms with E-state index in [0.717, 1.165) is 12.1 Å². The Bertz CT molecular complexity index is 320. The van der Waals surface area contributed by atoms with Gasteiger partial charge in [-0.3, -0.25) is 0 Å². The molecule has 0 saturated carbocycles. The Hall–Kier alpha value is -1.04. The van der Waals surface area contributed by atoms with Gasteiger partial charge in [0.2, 0.25) is 0 Å². The minimum absolute atomic E-state index is 0.0434. The monoisotopic (exact) mass is 217 g/mol. The minimum Gasteiger partial charge on any atom is -0.395 e. The highest BCUT2D eigenvalue weighted by Crippen LogP contribution is 2.17. The van der Waals surface area contributed by atoms with Crippen LogP contribution < -0.4 is 5.32 Å². The van der Waals surface area contributed by atoms with E-state index >= 15 is 0 Å². The quantitative estimate of drug-likeness (QED) is 0.632. The summed E-state index contributed by atoms with van der Waals surface area (Å²) in [6, 6.07) is 3.02. The normalized spacial score (nSPS) is 12.8. The van der Waals surface area contributed by atoms with Gasteiger partial charge in [0.1, 0.15) is 11.6 Å². The van der Waals surface area contributed by atoms with E-state index in [4.69, 9.17) is 5.11 Å². The van der Waals surface area contributed by atoms with Gasteiger partial charge in [-0.05, 0) is 6.07 Å². The van der Waals surface area contributed by atoms with E-state index in [-0.39, 0.29) is 18.7 Å². The molecule has 1 rings (SSSR count). The molecule has 0 aromatic heterocycles. The second-order valence-corrected chi connectivity index (χ2v) is 3.11. The molecule has 0 aliphatic heterocycles. The van der Waals surface area contributed by atoms with Crippen molar-refractivity contribution in [3.8, 4) is 0 Å². The Morgan fingerprint density at radius 2 is 2.07 bits per heavy atom. The molecule has 1 aromatic carbocycles. The molecule has 84 valence electrons. The third kappa shape index (κ3) is 3.54. The molecule has 15 heavy (non-hydrogen) atoms. The summed E-state index contributed by atoms with van der Waals surface area (Å²) < 4.78 is 25.7. The van der Waals surface area contributed by atoms with Gasteiger partial charge in [-0.25, -0.2) is 8.78 Å². The second kappa shape index (κ2) is 5.75. The molecular weight excluding hydrogens is 204 g/mol. The lowest BCUT2D eigenvalue weighted by Gasteiger charge is -2.12. The maximum Gasteiger partial charge on any atom is 0.131 e. The molecule has 0 spiro atoms. The molecule has 3 nitrogen and oxygen atoms in total. The molecule has 1 atom stereocenters. The summed E-state index contributed by atoms with van der Waals surface area (Å²) in [6.07, 6.45) is -1.04. The van der Waals surface area contributed by atoms with Gasteiger partial charge in [-0.1, -0.05) is 6.07 Å². The van der Waals surface area contributed by atoms with Crippen LogP contribution in [0.3, 0.4) is 0 Å². The number of nitrogens with one attached hydrogen (secondary N) is 1. The average molecular weight is 217 g/mol. The Balaban J connectivity index is 2.61. The zero-order valence-corrected chi connectivity index (χ0v) is 8.08. The number of aliphatic hydroxyl groups excluding tert-OH is 2. The topological polar surface area (TPSA) is 52.5 Å². The maximum absolute atomic E-state index is 13.1. The number of halogens is 2. The van der Waals surface area contributed by atoms with Crippen LogP contribution in [-0.4, -0.2) is 29.9 Å². The van der Waals surface area contributed by atoms with Crippen molar-refractivity contribution >= 4 is 0 Å². The van der Waals surface area contributed by atoms with Gasteiger partial charge in [0.15, 0.2) is 0 Å². The molecule has 5 heteroatoms. The molecule has 0 heterocycles. The molecule has 1 unspecified atom stereocenters. The van der Waals surface area contributed by atoms with Crippen molar-refractivity contribution in [2.45, 2.75) is 6.10 Å². The number of hydrogen-bond acceptors (Lipinski definition) is 3. The van der Waals surface area contributed by atoms with E-state index < -0.39 is 17.7 Å². The summed E-state index contributed by atoms with van der Waals surface area (Å²) >= 11 is 0. The lowest BCUT2D eigenvalue weighted by molar-refractivity contribution is 0.166. The van der Waals surface area contributed by atoms with Crippen LogP contribution in [0.5, 0.6) is 0 Å². The van der Waals surface area contributed by atoms with Gasteiger partial charge in [0, 0.05) is 24.7 Å². The minimum atomic E-state index is -1.04. The molecule has 0 bridgehead atoms. The van der Waals surface area contributed by atoms with Crippen LogP contribution in [0.2, 0.25) is 0 Å². The van der Waals surface area contributed by atoms with Crippen LogP contribution in [0.1, 0.15) is 11.7 Å². The van der Waals surface area contributed by atoms with E-state index in [0.29, 0.717) is 6.54 Å². The van der Waals surface area contributed by atoms with Crippen LogP contribution in [-0.2, 0) is 0 Å². The first-order valence-corrected chi connectivity index (χ1v) is 4.59. The van der Waals surface area contributed by atoms with Crippen molar-refractivity contribution in [2.75, 3.05) is 19.7 Å². The predicted octanol–water partition coefficient (Wildman–Crippen LogP) is 0.580.